The van der Waals surface area contributed by atoms with Gasteiger partial charge >= 0.3 is 0 Å². The van der Waals surface area contributed by atoms with Crippen molar-refractivity contribution in [2.24, 2.45) is 0 Å². The summed E-state index contributed by atoms with van der Waals surface area (Å²) < 4.78 is 23.9. The van der Waals surface area contributed by atoms with Crippen LogP contribution < -0.4 is 18.9 Å². The van der Waals surface area contributed by atoms with Crippen LogP contribution in [-0.4, -0.2) is 7.11 Å². The summed E-state index contributed by atoms with van der Waals surface area (Å²) >= 11 is 0. The van der Waals surface area contributed by atoms with E-state index < -0.39 is 0 Å². The maximum atomic E-state index is 6.30. The van der Waals surface area contributed by atoms with Gasteiger partial charge in [-0.05, 0) is 108 Å². The van der Waals surface area contributed by atoms with Crippen LogP contribution in [0.15, 0.2) is 140 Å². The highest BCUT2D eigenvalue weighted by molar-refractivity contribution is 5.65. The van der Waals surface area contributed by atoms with E-state index >= 15 is 0 Å². The van der Waals surface area contributed by atoms with Crippen molar-refractivity contribution in [1.29, 1.82) is 0 Å². The van der Waals surface area contributed by atoms with Gasteiger partial charge in [-0.1, -0.05) is 86.6 Å². The highest BCUT2D eigenvalue weighted by Crippen LogP contribution is 2.36. The Hall–Kier alpha value is -5.48. The summed E-state index contributed by atoms with van der Waals surface area (Å²) in [5.41, 5.74) is 6.59. The van der Waals surface area contributed by atoms with Crippen molar-refractivity contribution in [2.75, 3.05) is 7.11 Å². The molecule has 0 amide bonds. The molecule has 0 radical (unpaired) electrons. The largest absolute Gasteiger partial charge is 0.497 e. The lowest BCUT2D eigenvalue weighted by Gasteiger charge is -2.26. The molecule has 0 aliphatic heterocycles. The average molecular weight is 607 g/mol. The summed E-state index contributed by atoms with van der Waals surface area (Å²) in [6.45, 7) is 8.52. The van der Waals surface area contributed by atoms with Gasteiger partial charge in [-0.2, -0.15) is 0 Å². The molecule has 4 nitrogen and oxygen atoms in total. The highest BCUT2D eigenvalue weighted by Gasteiger charge is 2.23. The molecule has 0 aliphatic carbocycles. The average Bonchev–Trinajstić information content (AvgIpc) is 3.08. The fraction of sp³-hybridized carbons (Fsp3) is 0.143. The van der Waals surface area contributed by atoms with E-state index in [0.717, 1.165) is 56.8 Å². The van der Waals surface area contributed by atoms with Crippen LogP contribution in [0, 0.1) is 13.8 Å². The lowest BCUT2D eigenvalue weighted by Crippen LogP contribution is -2.18. The Kier molecular flexibility index (Phi) is 8.80. The van der Waals surface area contributed by atoms with E-state index in [4.69, 9.17) is 18.9 Å². The van der Waals surface area contributed by atoms with Crippen molar-refractivity contribution in [3.63, 3.8) is 0 Å². The molecule has 0 atom stereocenters. The molecule has 4 heteroatoms. The predicted molar refractivity (Wildman–Crippen MR) is 186 cm³/mol. The maximum Gasteiger partial charge on any atom is 0.134 e. The zero-order valence-corrected chi connectivity index (χ0v) is 26.9. The molecule has 0 heterocycles. The van der Waals surface area contributed by atoms with E-state index in [1.165, 1.54) is 11.1 Å². The number of ether oxygens (including phenoxy) is 4. The van der Waals surface area contributed by atoms with Crippen molar-refractivity contribution in [1.82, 2.24) is 0 Å². The Bertz CT molecular complexity index is 1900. The van der Waals surface area contributed by atoms with E-state index in [9.17, 15) is 0 Å². The van der Waals surface area contributed by atoms with E-state index in [1.54, 1.807) is 7.11 Å². The van der Waals surface area contributed by atoms with Gasteiger partial charge in [-0.3, -0.25) is 0 Å². The summed E-state index contributed by atoms with van der Waals surface area (Å²) in [6.07, 6.45) is 0. The van der Waals surface area contributed by atoms with Gasteiger partial charge in [0.25, 0.3) is 0 Å². The van der Waals surface area contributed by atoms with Gasteiger partial charge in [0.1, 0.15) is 40.2 Å². The minimum Gasteiger partial charge on any atom is -0.497 e. The van der Waals surface area contributed by atoms with E-state index in [1.807, 2.05) is 105 Å². The lowest BCUT2D eigenvalue weighted by molar-refractivity contribution is 0.414. The first-order chi connectivity index (χ1) is 22.3. The molecule has 0 bridgehead atoms. The van der Waals surface area contributed by atoms with E-state index in [-0.39, 0.29) is 5.41 Å². The SMILES string of the molecule is COc1ccc(C(C)(C)c2ccc(Oc3ccc(C)c(Oc4ccc(-c5ccc(Oc6ccccc6C)cc5)cc4)c3)cc2)cc1. The molecule has 0 saturated heterocycles. The highest BCUT2D eigenvalue weighted by atomic mass is 16.5. The standard InChI is InChI=1S/C42H38O4/c1-29-8-6-7-9-40(29)45-37-20-11-31(12-21-37)32-13-22-38(23-14-32)46-41-28-39(19-10-30(41)2)44-36-26-17-34(18-27-36)42(3,4)33-15-24-35(43-5)25-16-33/h6-28H,1-5H3. The molecule has 6 aromatic rings. The molecule has 230 valence electrons. The molecular weight excluding hydrogens is 568 g/mol. The zero-order valence-electron chi connectivity index (χ0n) is 26.9. The molecular formula is C42H38O4. The Morgan fingerprint density at radius 2 is 0.848 bits per heavy atom. The summed E-state index contributed by atoms with van der Waals surface area (Å²) in [7, 11) is 1.68. The van der Waals surface area contributed by atoms with Gasteiger partial charge < -0.3 is 18.9 Å². The van der Waals surface area contributed by atoms with Crippen molar-refractivity contribution < 1.29 is 18.9 Å². The minimum atomic E-state index is -0.162. The molecule has 6 rings (SSSR count). The normalized spacial score (nSPS) is 11.2. The number of rotatable bonds is 10. The Morgan fingerprint density at radius 3 is 1.39 bits per heavy atom. The predicted octanol–water partition coefficient (Wildman–Crippen LogP) is 11.7. The second-order valence-corrected chi connectivity index (χ2v) is 11.9. The van der Waals surface area contributed by atoms with Crippen LogP contribution in [0.25, 0.3) is 11.1 Å². The molecule has 0 aromatic heterocycles. The fourth-order valence-electron chi connectivity index (χ4n) is 5.36. The van der Waals surface area contributed by atoms with Gasteiger partial charge in [-0.15, -0.1) is 0 Å². The molecule has 0 unspecified atom stereocenters. The smallest absolute Gasteiger partial charge is 0.134 e. The quantitative estimate of drug-likeness (QED) is 0.155. The third kappa shape index (κ3) is 6.92. The van der Waals surface area contributed by atoms with Crippen LogP contribution in [0.2, 0.25) is 0 Å². The third-order valence-corrected chi connectivity index (χ3v) is 8.37. The number of aryl methyl sites for hydroxylation is 2. The van der Waals surface area contributed by atoms with Gasteiger partial charge in [0.15, 0.2) is 0 Å². The molecule has 0 N–H and O–H groups in total. The van der Waals surface area contributed by atoms with E-state index in [2.05, 4.69) is 62.4 Å². The van der Waals surface area contributed by atoms with Crippen LogP contribution in [0.3, 0.4) is 0 Å². The van der Waals surface area contributed by atoms with Crippen LogP contribution in [-0.2, 0) is 5.41 Å². The third-order valence-electron chi connectivity index (χ3n) is 8.37. The molecule has 0 saturated carbocycles. The summed E-state index contributed by atoms with van der Waals surface area (Å²) in [5, 5.41) is 0. The van der Waals surface area contributed by atoms with Crippen molar-refractivity contribution in [3.05, 3.63) is 162 Å². The molecule has 0 aliphatic rings. The molecule has 6 aromatic carbocycles. The number of methoxy groups -OCH3 is 1. The first-order valence-electron chi connectivity index (χ1n) is 15.4. The molecule has 0 spiro atoms. The Labute approximate surface area is 271 Å². The van der Waals surface area contributed by atoms with Gasteiger partial charge in [0.2, 0.25) is 0 Å². The van der Waals surface area contributed by atoms with Crippen molar-refractivity contribution in [2.45, 2.75) is 33.1 Å². The first kappa shape index (κ1) is 30.5. The fourth-order valence-corrected chi connectivity index (χ4v) is 5.36. The van der Waals surface area contributed by atoms with Crippen LogP contribution in [0.1, 0.15) is 36.1 Å². The second kappa shape index (κ2) is 13.3. The first-order valence-corrected chi connectivity index (χ1v) is 15.4. The summed E-state index contributed by atoms with van der Waals surface area (Å²) in [4.78, 5) is 0. The molecule has 0 fully saturated rings. The Morgan fingerprint density at radius 1 is 0.413 bits per heavy atom. The van der Waals surface area contributed by atoms with E-state index in [0.29, 0.717) is 5.75 Å². The Balaban J connectivity index is 1.10. The maximum absolute atomic E-state index is 6.30. The summed E-state index contributed by atoms with van der Waals surface area (Å²) in [6, 6.07) is 46.7. The zero-order chi connectivity index (χ0) is 32.1. The van der Waals surface area contributed by atoms with Crippen LogP contribution >= 0.6 is 0 Å². The van der Waals surface area contributed by atoms with Gasteiger partial charge in [0, 0.05) is 11.5 Å². The van der Waals surface area contributed by atoms with Gasteiger partial charge in [0.05, 0.1) is 7.11 Å². The number of para-hydroxylation sites is 1. The monoisotopic (exact) mass is 606 g/mol. The lowest BCUT2D eigenvalue weighted by atomic mass is 9.78. The second-order valence-electron chi connectivity index (χ2n) is 11.9. The molecule has 46 heavy (non-hydrogen) atoms. The van der Waals surface area contributed by atoms with Crippen molar-refractivity contribution >= 4 is 0 Å². The minimum absolute atomic E-state index is 0.162. The van der Waals surface area contributed by atoms with Crippen molar-refractivity contribution in [3.8, 4) is 51.4 Å². The van der Waals surface area contributed by atoms with Crippen LogP contribution in [0.5, 0.6) is 40.2 Å². The number of hydrogen-bond donors (Lipinski definition) is 0. The van der Waals surface area contributed by atoms with Gasteiger partial charge in [-0.25, -0.2) is 0 Å². The summed E-state index contributed by atoms with van der Waals surface area (Å²) in [5.74, 6) is 5.52. The topological polar surface area (TPSA) is 36.9 Å². The van der Waals surface area contributed by atoms with Crippen LogP contribution in [0.4, 0.5) is 0 Å². The number of hydrogen-bond acceptors (Lipinski definition) is 4. The number of benzene rings is 6.